The summed E-state index contributed by atoms with van der Waals surface area (Å²) < 4.78 is 7.33. The van der Waals surface area contributed by atoms with Gasteiger partial charge in [0, 0.05) is 12.1 Å². The van der Waals surface area contributed by atoms with Gasteiger partial charge in [-0.05, 0) is 48.4 Å². The van der Waals surface area contributed by atoms with Crippen LogP contribution in [0.15, 0.2) is 84.0 Å². The summed E-state index contributed by atoms with van der Waals surface area (Å²) in [6.45, 7) is 0.651. The van der Waals surface area contributed by atoms with Crippen LogP contribution in [0.25, 0.3) is 11.4 Å². The van der Waals surface area contributed by atoms with Crippen LogP contribution in [0.5, 0.6) is 5.75 Å². The molecule has 4 aromatic rings. The third-order valence-corrected chi connectivity index (χ3v) is 6.88. The number of benzene rings is 3. The third-order valence-electron chi connectivity index (χ3n) is 5.93. The molecule has 3 aromatic carbocycles. The van der Waals surface area contributed by atoms with E-state index in [-0.39, 0.29) is 24.1 Å². The molecule has 36 heavy (non-hydrogen) atoms. The minimum absolute atomic E-state index is 0.00575. The van der Waals surface area contributed by atoms with Crippen molar-refractivity contribution in [3.8, 4) is 17.1 Å². The molecule has 0 fully saturated rings. The van der Waals surface area contributed by atoms with Gasteiger partial charge < -0.3 is 19.5 Å². The number of para-hydroxylation sites is 2. The molecule has 0 bridgehead atoms. The largest absolute Gasteiger partial charge is 0.497 e. The van der Waals surface area contributed by atoms with E-state index in [1.807, 2.05) is 65.2 Å². The van der Waals surface area contributed by atoms with Crippen LogP contribution in [0.1, 0.15) is 5.56 Å². The molecule has 1 aromatic heterocycles. The lowest BCUT2D eigenvalue weighted by atomic mass is 10.1. The summed E-state index contributed by atoms with van der Waals surface area (Å²) in [4.78, 5) is 26.8. The van der Waals surface area contributed by atoms with Crippen molar-refractivity contribution in [2.75, 3.05) is 29.6 Å². The molecular weight excluding hydrogens is 474 g/mol. The molecule has 0 unspecified atom stereocenters. The normalized spacial score (nSPS) is 12.7. The van der Waals surface area contributed by atoms with E-state index in [0.29, 0.717) is 23.1 Å². The summed E-state index contributed by atoms with van der Waals surface area (Å²) in [6, 6.07) is 25.2. The summed E-state index contributed by atoms with van der Waals surface area (Å²) in [5.41, 5.74) is 3.46. The van der Waals surface area contributed by atoms with Crippen LogP contribution in [0, 0.1) is 0 Å². The van der Waals surface area contributed by atoms with Crippen molar-refractivity contribution in [1.82, 2.24) is 14.8 Å². The molecule has 5 rings (SSSR count). The number of nitrogens with zero attached hydrogens (tertiary/aromatic N) is 4. The van der Waals surface area contributed by atoms with Gasteiger partial charge in [0.05, 0.1) is 24.2 Å². The van der Waals surface area contributed by atoms with E-state index in [1.54, 1.807) is 13.2 Å². The second kappa shape index (κ2) is 10.7. The summed E-state index contributed by atoms with van der Waals surface area (Å²) in [5.74, 6) is 1.25. The van der Waals surface area contributed by atoms with E-state index < -0.39 is 0 Å². The molecule has 0 saturated carbocycles. The van der Waals surface area contributed by atoms with Crippen molar-refractivity contribution in [3.05, 3.63) is 84.4 Å². The number of carbonyl (C=O) groups excluding carboxylic acids is 2. The Labute approximate surface area is 213 Å². The quantitative estimate of drug-likeness (QED) is 0.364. The highest BCUT2D eigenvalue weighted by molar-refractivity contribution is 7.99. The van der Waals surface area contributed by atoms with E-state index in [2.05, 4.69) is 27.6 Å². The summed E-state index contributed by atoms with van der Waals surface area (Å²) in [6.07, 6.45) is 0.795. The van der Waals surface area contributed by atoms with Gasteiger partial charge in [0.25, 0.3) is 0 Å². The van der Waals surface area contributed by atoms with Crippen LogP contribution in [-0.2, 0) is 22.6 Å². The fraction of sp³-hybridized carbons (Fsp3) is 0.185. The predicted octanol–water partition coefficient (Wildman–Crippen LogP) is 4.27. The lowest BCUT2D eigenvalue weighted by Crippen LogP contribution is -2.43. The van der Waals surface area contributed by atoms with Crippen LogP contribution in [-0.4, -0.2) is 46.0 Å². The maximum atomic E-state index is 13.2. The number of anilines is 2. The molecule has 8 nitrogen and oxygen atoms in total. The second-order valence-electron chi connectivity index (χ2n) is 8.26. The highest BCUT2D eigenvalue weighted by Gasteiger charge is 2.27. The minimum atomic E-state index is -0.208. The van der Waals surface area contributed by atoms with Gasteiger partial charge in [0.1, 0.15) is 12.3 Å². The Morgan fingerprint density at radius 1 is 1.00 bits per heavy atom. The van der Waals surface area contributed by atoms with Crippen molar-refractivity contribution >= 4 is 35.0 Å². The number of rotatable bonds is 8. The Morgan fingerprint density at radius 2 is 1.75 bits per heavy atom. The maximum absolute atomic E-state index is 13.2. The average molecular weight is 500 g/mol. The van der Waals surface area contributed by atoms with Crippen LogP contribution >= 0.6 is 11.8 Å². The van der Waals surface area contributed by atoms with Crippen molar-refractivity contribution < 1.29 is 14.3 Å². The number of amides is 2. The highest BCUT2D eigenvalue weighted by Crippen LogP contribution is 2.31. The molecule has 0 spiro atoms. The Hall–Kier alpha value is -4.11. The molecule has 1 aliphatic heterocycles. The molecule has 2 heterocycles. The SMILES string of the molecule is COc1ccc(-c2nnc(SCC(=O)N3CC(=O)Nc4ccccc43)n2CCc2ccccc2)cc1. The molecule has 0 atom stereocenters. The topological polar surface area (TPSA) is 89.4 Å². The first-order valence-corrected chi connectivity index (χ1v) is 12.5. The van der Waals surface area contributed by atoms with Crippen molar-refractivity contribution in [3.63, 3.8) is 0 Å². The van der Waals surface area contributed by atoms with E-state index >= 15 is 0 Å². The molecular formula is C27H25N5O3S. The summed E-state index contributed by atoms with van der Waals surface area (Å²) >= 11 is 1.32. The lowest BCUT2D eigenvalue weighted by molar-refractivity contribution is -0.120. The number of fused-ring (bicyclic) bond motifs is 1. The molecule has 0 saturated heterocycles. The fourth-order valence-corrected chi connectivity index (χ4v) is 4.94. The standard InChI is InChI=1S/C27H25N5O3S/c1-35-21-13-11-20(12-14-21)26-29-30-27(31(26)16-15-19-7-3-2-4-8-19)36-18-25(34)32-17-24(33)28-22-9-5-6-10-23(22)32/h2-14H,15-18H2,1H3,(H,28,33). The minimum Gasteiger partial charge on any atom is -0.497 e. The molecule has 1 aliphatic rings. The zero-order valence-corrected chi connectivity index (χ0v) is 20.6. The number of hydrogen-bond donors (Lipinski definition) is 1. The van der Waals surface area contributed by atoms with Crippen LogP contribution in [0.2, 0.25) is 0 Å². The molecule has 0 radical (unpaired) electrons. The number of thioether (sulfide) groups is 1. The van der Waals surface area contributed by atoms with Crippen LogP contribution < -0.4 is 15.0 Å². The second-order valence-corrected chi connectivity index (χ2v) is 9.20. The number of nitrogens with one attached hydrogen (secondary N) is 1. The summed E-state index contributed by atoms with van der Waals surface area (Å²) in [7, 11) is 1.63. The average Bonchev–Trinajstić information content (AvgIpc) is 3.33. The van der Waals surface area contributed by atoms with Gasteiger partial charge in [0.2, 0.25) is 11.8 Å². The molecule has 1 N–H and O–H groups in total. The van der Waals surface area contributed by atoms with Crippen molar-refractivity contribution in [2.24, 2.45) is 0 Å². The van der Waals surface area contributed by atoms with Gasteiger partial charge in [-0.1, -0.05) is 54.2 Å². The van der Waals surface area contributed by atoms with Gasteiger partial charge >= 0.3 is 0 Å². The van der Waals surface area contributed by atoms with Gasteiger partial charge in [0.15, 0.2) is 11.0 Å². The van der Waals surface area contributed by atoms with Crippen molar-refractivity contribution in [2.45, 2.75) is 18.1 Å². The number of aryl methyl sites for hydroxylation is 1. The summed E-state index contributed by atoms with van der Waals surface area (Å²) in [5, 5.41) is 12.3. The number of aromatic nitrogens is 3. The van der Waals surface area contributed by atoms with Gasteiger partial charge in [-0.25, -0.2) is 0 Å². The van der Waals surface area contributed by atoms with Gasteiger partial charge in [-0.2, -0.15) is 0 Å². The maximum Gasteiger partial charge on any atom is 0.244 e. The monoisotopic (exact) mass is 499 g/mol. The van der Waals surface area contributed by atoms with E-state index in [0.717, 1.165) is 23.6 Å². The number of methoxy groups -OCH3 is 1. The third kappa shape index (κ3) is 5.11. The smallest absolute Gasteiger partial charge is 0.244 e. The molecule has 9 heteroatoms. The predicted molar refractivity (Wildman–Crippen MR) is 140 cm³/mol. The van der Waals surface area contributed by atoms with Crippen LogP contribution in [0.4, 0.5) is 11.4 Å². The van der Waals surface area contributed by atoms with Crippen LogP contribution in [0.3, 0.4) is 0 Å². The van der Waals surface area contributed by atoms with E-state index in [4.69, 9.17) is 4.74 Å². The zero-order valence-electron chi connectivity index (χ0n) is 19.8. The Balaban J connectivity index is 1.38. The molecule has 182 valence electrons. The van der Waals surface area contributed by atoms with Gasteiger partial charge in [-0.3, -0.25) is 9.59 Å². The Kier molecular flexibility index (Phi) is 6.99. The van der Waals surface area contributed by atoms with Gasteiger partial charge in [-0.15, -0.1) is 10.2 Å². The van der Waals surface area contributed by atoms with Crippen molar-refractivity contribution in [1.29, 1.82) is 0 Å². The number of ether oxygens (including phenoxy) is 1. The molecule has 2 amide bonds. The number of hydrogen-bond acceptors (Lipinski definition) is 6. The zero-order chi connectivity index (χ0) is 24.9. The highest BCUT2D eigenvalue weighted by atomic mass is 32.2. The first kappa shape index (κ1) is 23.6. The Morgan fingerprint density at radius 3 is 2.53 bits per heavy atom. The molecule has 0 aliphatic carbocycles. The fourth-order valence-electron chi connectivity index (χ4n) is 4.10. The van der Waals surface area contributed by atoms with E-state index in [9.17, 15) is 9.59 Å². The number of carbonyl (C=O) groups is 2. The lowest BCUT2D eigenvalue weighted by Gasteiger charge is -2.29. The Bertz CT molecular complexity index is 1370. The first-order chi connectivity index (χ1) is 17.6. The first-order valence-electron chi connectivity index (χ1n) is 11.6. The van der Waals surface area contributed by atoms with E-state index in [1.165, 1.54) is 22.2 Å².